The van der Waals surface area contributed by atoms with Crippen LogP contribution in [0.25, 0.3) is 0 Å². The number of carboxylic acids is 3. The van der Waals surface area contributed by atoms with Crippen molar-refractivity contribution in [1.82, 2.24) is 10.2 Å². The molecule has 3 aromatic carbocycles. The molecule has 0 aliphatic rings. The summed E-state index contributed by atoms with van der Waals surface area (Å²) in [4.78, 5) is 48.9. The number of nitrogens with one attached hydrogen (secondary N) is 2. The summed E-state index contributed by atoms with van der Waals surface area (Å²) < 4.78 is 30.6. The quantitative estimate of drug-likeness (QED) is 0.125. The Bertz CT molecular complexity index is 1620. The predicted molar refractivity (Wildman–Crippen MR) is 163 cm³/mol. The van der Waals surface area contributed by atoms with E-state index in [1.54, 1.807) is 18.2 Å². The van der Waals surface area contributed by atoms with Crippen LogP contribution in [0, 0.1) is 0 Å². The van der Waals surface area contributed by atoms with Crippen LogP contribution in [0.2, 0.25) is 0 Å². The number of rotatable bonds is 17. The molecule has 0 saturated heterocycles. The van der Waals surface area contributed by atoms with Crippen molar-refractivity contribution in [2.24, 2.45) is 5.14 Å². The van der Waals surface area contributed by atoms with Crippen molar-refractivity contribution in [2.75, 3.05) is 25.0 Å². The third-order valence-corrected chi connectivity index (χ3v) is 7.51. The summed E-state index contributed by atoms with van der Waals surface area (Å²) >= 11 is 0. The number of hydrogen-bond acceptors (Lipinski definition) is 9. The molecule has 7 N–H and O–H groups in total. The number of hydrogen-bond donors (Lipinski definition) is 6. The largest absolute Gasteiger partial charge is 0.480 e. The second-order valence-electron chi connectivity index (χ2n) is 10.0. The molecular formula is C30H34N4O10S. The number of nitrogens with zero attached hydrogens (tertiary/aromatic N) is 1. The van der Waals surface area contributed by atoms with Gasteiger partial charge in [-0.15, -0.1) is 0 Å². The molecule has 0 unspecified atom stereocenters. The lowest BCUT2D eigenvalue weighted by atomic mass is 10.0. The third kappa shape index (κ3) is 10.3. The van der Waals surface area contributed by atoms with Crippen molar-refractivity contribution in [2.45, 2.75) is 36.7 Å². The fraction of sp³-hybridized carbons (Fsp3) is 0.267. The van der Waals surface area contributed by atoms with Gasteiger partial charge in [-0.05, 0) is 49.6 Å². The van der Waals surface area contributed by atoms with E-state index in [9.17, 15) is 42.9 Å². The van der Waals surface area contributed by atoms with Crippen molar-refractivity contribution < 1.29 is 47.7 Å². The first-order chi connectivity index (χ1) is 21.3. The first-order valence-electron chi connectivity index (χ1n) is 13.7. The van der Waals surface area contributed by atoms with Crippen molar-refractivity contribution >= 4 is 39.5 Å². The first-order valence-corrected chi connectivity index (χ1v) is 15.2. The number of benzene rings is 3. The molecule has 3 rings (SSSR count). The predicted octanol–water partition coefficient (Wildman–Crippen LogP) is 2.21. The Kier molecular flexibility index (Phi) is 12.0. The van der Waals surface area contributed by atoms with Gasteiger partial charge in [-0.3, -0.25) is 19.7 Å². The normalized spacial score (nSPS) is 12.5. The Morgan fingerprint density at radius 3 is 2.13 bits per heavy atom. The highest BCUT2D eigenvalue weighted by Crippen LogP contribution is 2.37. The molecule has 1 amide bonds. The van der Waals surface area contributed by atoms with Gasteiger partial charge in [0.1, 0.15) is 23.2 Å². The van der Waals surface area contributed by atoms with Crippen LogP contribution in [-0.4, -0.2) is 84.2 Å². The van der Waals surface area contributed by atoms with Crippen LogP contribution < -0.4 is 20.5 Å². The van der Waals surface area contributed by atoms with Crippen LogP contribution in [-0.2, 0) is 30.8 Å². The molecule has 3 aromatic rings. The minimum absolute atomic E-state index is 0.0940. The van der Waals surface area contributed by atoms with E-state index in [-0.39, 0.29) is 36.7 Å². The van der Waals surface area contributed by atoms with Gasteiger partial charge in [0.15, 0.2) is 5.75 Å². The van der Waals surface area contributed by atoms with Crippen LogP contribution in [0.15, 0.2) is 77.7 Å². The summed E-state index contributed by atoms with van der Waals surface area (Å²) in [5.41, 5.74) is 0.397. The van der Waals surface area contributed by atoms with E-state index in [0.29, 0.717) is 6.42 Å². The zero-order valence-electron chi connectivity index (χ0n) is 24.3. The fourth-order valence-electron chi connectivity index (χ4n) is 4.42. The van der Waals surface area contributed by atoms with Crippen LogP contribution in [0.3, 0.4) is 0 Å². The summed E-state index contributed by atoms with van der Waals surface area (Å²) in [6.45, 7) is 0.273. The minimum atomic E-state index is -4.48. The van der Waals surface area contributed by atoms with Crippen LogP contribution >= 0.6 is 0 Å². The van der Waals surface area contributed by atoms with Gasteiger partial charge >= 0.3 is 17.9 Å². The Hall–Kier alpha value is -4.99. The van der Waals surface area contributed by atoms with Crippen molar-refractivity contribution in [3.8, 4) is 11.5 Å². The SMILES string of the molecule is C[C@H](N[C@@H](CCc1ccccc1)C(=O)O)C(=O)N(CCNc1cc(C(=O)O)cc(S(N)(=O)=O)c1Oc1ccccc1)CC(=O)O. The van der Waals surface area contributed by atoms with Gasteiger partial charge in [0.2, 0.25) is 15.9 Å². The highest BCUT2D eigenvalue weighted by Gasteiger charge is 2.28. The lowest BCUT2D eigenvalue weighted by Gasteiger charge is -2.27. The second-order valence-corrected chi connectivity index (χ2v) is 11.5. The number of aliphatic carboxylic acids is 2. The fourth-order valence-corrected chi connectivity index (χ4v) is 5.12. The number of aromatic carboxylic acids is 1. The zero-order valence-corrected chi connectivity index (χ0v) is 25.1. The number of carbonyl (C=O) groups is 4. The zero-order chi connectivity index (χ0) is 33.1. The number of primary sulfonamides is 1. The average molecular weight is 643 g/mol. The van der Waals surface area contributed by atoms with E-state index in [4.69, 9.17) is 9.88 Å². The van der Waals surface area contributed by atoms with E-state index in [1.165, 1.54) is 19.1 Å². The highest BCUT2D eigenvalue weighted by atomic mass is 32.2. The second kappa shape index (κ2) is 15.7. The van der Waals surface area contributed by atoms with Crippen LogP contribution in [0.5, 0.6) is 11.5 Å². The van der Waals surface area contributed by atoms with Crippen LogP contribution in [0.4, 0.5) is 5.69 Å². The van der Waals surface area contributed by atoms with E-state index in [1.807, 2.05) is 30.3 Å². The molecule has 0 bridgehead atoms. The molecule has 0 spiro atoms. The molecule has 0 radical (unpaired) electrons. The van der Waals surface area contributed by atoms with Gasteiger partial charge in [-0.2, -0.15) is 0 Å². The summed E-state index contributed by atoms with van der Waals surface area (Å²) in [5, 5.41) is 39.7. The molecule has 14 nitrogen and oxygen atoms in total. The summed E-state index contributed by atoms with van der Waals surface area (Å²) in [6.07, 6.45) is 0.603. The lowest BCUT2D eigenvalue weighted by molar-refractivity contribution is -0.146. The maximum Gasteiger partial charge on any atom is 0.335 e. The number of carbonyl (C=O) groups excluding carboxylic acids is 1. The minimum Gasteiger partial charge on any atom is -0.480 e. The third-order valence-electron chi connectivity index (χ3n) is 6.59. The molecule has 2 atom stereocenters. The van der Waals surface area contributed by atoms with E-state index in [0.717, 1.165) is 22.6 Å². The smallest absolute Gasteiger partial charge is 0.335 e. The van der Waals surface area contributed by atoms with Gasteiger partial charge in [0, 0.05) is 13.1 Å². The van der Waals surface area contributed by atoms with Gasteiger partial charge in [-0.25, -0.2) is 18.4 Å². The topological polar surface area (TPSA) is 226 Å². The number of para-hydroxylation sites is 1. The van der Waals surface area contributed by atoms with Crippen molar-refractivity contribution in [3.05, 3.63) is 83.9 Å². The number of aryl methyl sites for hydroxylation is 1. The standard InChI is InChI=1S/C30H34N4O10S/c1-19(33-23(30(40)41)13-12-20-8-4-2-5-9-20)28(37)34(18-26(35)36)15-14-32-24-16-21(29(38)39)17-25(45(31,42)43)27(24)44-22-10-6-3-7-11-22/h2-11,16-17,19,23,32-33H,12-15,18H2,1H3,(H,35,36)(H,38,39)(H,40,41)(H2,31,42,43)/t19-,23-/m0/s1. The van der Waals surface area contributed by atoms with Crippen molar-refractivity contribution in [1.29, 1.82) is 0 Å². The Morgan fingerprint density at radius 2 is 1.58 bits per heavy atom. The number of sulfonamides is 1. The Balaban J connectivity index is 1.80. The van der Waals surface area contributed by atoms with Gasteiger partial charge in [0.05, 0.1) is 17.3 Å². The molecule has 15 heteroatoms. The summed E-state index contributed by atoms with van der Waals surface area (Å²) in [6, 6.07) is 17.0. The Morgan fingerprint density at radius 1 is 0.956 bits per heavy atom. The molecule has 0 aromatic heterocycles. The molecule has 0 heterocycles. The number of ether oxygens (including phenoxy) is 1. The molecule has 45 heavy (non-hydrogen) atoms. The number of nitrogens with two attached hydrogens (primary N) is 1. The van der Waals surface area contributed by atoms with Gasteiger partial charge in [0.25, 0.3) is 0 Å². The summed E-state index contributed by atoms with van der Waals surface area (Å²) in [5.74, 6) is -4.73. The molecule has 0 saturated carbocycles. The highest BCUT2D eigenvalue weighted by molar-refractivity contribution is 7.89. The number of carboxylic acid groups (broad SMARTS) is 3. The maximum atomic E-state index is 13.3. The average Bonchev–Trinajstić information content (AvgIpc) is 2.98. The monoisotopic (exact) mass is 642 g/mol. The van der Waals surface area contributed by atoms with Crippen molar-refractivity contribution in [3.63, 3.8) is 0 Å². The Labute approximate surface area is 259 Å². The molecule has 0 aliphatic heterocycles. The van der Waals surface area contributed by atoms with E-state index in [2.05, 4.69) is 10.6 Å². The molecule has 240 valence electrons. The first kappa shape index (κ1) is 34.5. The maximum absolute atomic E-state index is 13.3. The molecular weight excluding hydrogens is 608 g/mol. The summed E-state index contributed by atoms with van der Waals surface area (Å²) in [7, 11) is -4.48. The van der Waals surface area contributed by atoms with E-state index >= 15 is 0 Å². The molecule has 0 fully saturated rings. The number of amides is 1. The van der Waals surface area contributed by atoms with Gasteiger partial charge < -0.3 is 30.3 Å². The lowest BCUT2D eigenvalue weighted by Crippen LogP contribution is -2.52. The van der Waals surface area contributed by atoms with E-state index < -0.39 is 62.9 Å². The van der Waals surface area contributed by atoms with Gasteiger partial charge in [-0.1, -0.05) is 48.5 Å². The molecule has 0 aliphatic carbocycles. The van der Waals surface area contributed by atoms with Crippen LogP contribution in [0.1, 0.15) is 29.3 Å². The number of anilines is 1.